The van der Waals surface area contributed by atoms with Gasteiger partial charge in [-0.15, -0.1) is 0 Å². The number of ketones is 1. The number of rotatable bonds is 9. The second-order valence-electron chi connectivity index (χ2n) is 3.77. The zero-order valence-electron chi connectivity index (χ0n) is 11.0. The maximum absolute atomic E-state index is 11.9. The molecule has 0 heterocycles. The van der Waals surface area contributed by atoms with E-state index in [0.29, 0.717) is 0 Å². The van der Waals surface area contributed by atoms with Gasteiger partial charge in [-0.1, -0.05) is 13.2 Å². The van der Waals surface area contributed by atoms with Gasteiger partial charge in [-0.25, -0.2) is 14.4 Å². The number of hydrogen-bond acceptors (Lipinski definition) is 7. The van der Waals surface area contributed by atoms with Crippen LogP contribution in [-0.2, 0) is 23.9 Å². The van der Waals surface area contributed by atoms with Crippen LogP contribution in [0.5, 0.6) is 0 Å². The minimum atomic E-state index is -1.25. The fourth-order valence-electron chi connectivity index (χ4n) is 1.39. The first-order valence-electron chi connectivity index (χ1n) is 5.60. The van der Waals surface area contributed by atoms with Crippen molar-refractivity contribution in [3.05, 3.63) is 24.8 Å². The van der Waals surface area contributed by atoms with Gasteiger partial charge in [0.15, 0.2) is 11.9 Å². The second kappa shape index (κ2) is 9.33. The molecule has 0 aromatic rings. The summed E-state index contributed by atoms with van der Waals surface area (Å²) in [6.45, 7) is 8.06. The molecule has 0 aromatic heterocycles. The summed E-state index contributed by atoms with van der Waals surface area (Å²) in [5.74, 6) is -2.04. The Kier molecular flexibility index (Phi) is 8.11. The normalized spacial score (nSPS) is 12.1. The van der Waals surface area contributed by atoms with Crippen molar-refractivity contribution in [2.45, 2.75) is 19.5 Å². The highest BCUT2D eigenvalue weighted by Crippen LogP contribution is 2.18. The van der Waals surface area contributed by atoms with Crippen molar-refractivity contribution in [3.63, 3.8) is 0 Å². The minimum absolute atomic E-state index is 0.0201. The van der Waals surface area contributed by atoms with Gasteiger partial charge in [0, 0.05) is 6.08 Å². The molecule has 20 heavy (non-hydrogen) atoms. The lowest BCUT2D eigenvalue weighted by Gasteiger charge is -2.17. The van der Waals surface area contributed by atoms with Crippen molar-refractivity contribution in [3.8, 4) is 0 Å². The summed E-state index contributed by atoms with van der Waals surface area (Å²) in [5.41, 5.74) is 0.206. The molecule has 0 aliphatic heterocycles. The van der Waals surface area contributed by atoms with Crippen LogP contribution in [0.15, 0.2) is 34.8 Å². The van der Waals surface area contributed by atoms with Gasteiger partial charge in [-0.05, 0) is 18.9 Å². The van der Waals surface area contributed by atoms with Gasteiger partial charge in [0.05, 0.1) is 12.5 Å². The Morgan fingerprint density at radius 1 is 1.30 bits per heavy atom. The fraction of sp³-hybridized carbons (Fsp3) is 0.385. The second-order valence-corrected chi connectivity index (χ2v) is 3.77. The zero-order chi connectivity index (χ0) is 15.5. The molecule has 0 aliphatic carbocycles. The first kappa shape index (κ1) is 17.4. The van der Waals surface area contributed by atoms with E-state index in [2.05, 4.69) is 23.1 Å². The molecule has 0 bridgehead atoms. The average molecular weight is 278 g/mol. The molecular formula is C13H14N2O5. The fourth-order valence-corrected chi connectivity index (χ4v) is 1.39. The number of carbonyl (C=O) groups excluding carboxylic acids is 4. The van der Waals surface area contributed by atoms with Crippen LogP contribution >= 0.6 is 0 Å². The Hall–Kier alpha value is -2.62. The predicted octanol–water partition coefficient (Wildman–Crippen LogP) is 0.865. The van der Waals surface area contributed by atoms with Crippen LogP contribution in [0.4, 0.5) is 0 Å². The number of isocyanates is 2. The Labute approximate surface area is 115 Å². The Balaban J connectivity index is 5.05. The lowest BCUT2D eigenvalue weighted by molar-refractivity contribution is -0.138. The summed E-state index contributed by atoms with van der Waals surface area (Å²) in [4.78, 5) is 50.0. The van der Waals surface area contributed by atoms with Gasteiger partial charge in [0.2, 0.25) is 12.2 Å². The minimum Gasteiger partial charge on any atom is -0.463 e. The molecule has 0 fully saturated rings. The number of ether oxygens (including phenoxy) is 1. The monoisotopic (exact) mass is 278 g/mol. The van der Waals surface area contributed by atoms with Gasteiger partial charge in [0.25, 0.3) is 0 Å². The Bertz CT molecular complexity index is 481. The van der Waals surface area contributed by atoms with Crippen molar-refractivity contribution in [1.82, 2.24) is 0 Å². The lowest BCUT2D eigenvalue weighted by atomic mass is 9.93. The third kappa shape index (κ3) is 5.82. The van der Waals surface area contributed by atoms with Crippen LogP contribution in [0.3, 0.4) is 0 Å². The average Bonchev–Trinajstić information content (AvgIpc) is 2.42. The standard InChI is InChI=1S/C13H14N2O5/c1-4-11(18)20-6-5-10(12(19)9(2)3)13(14-7-16)15-8-17/h4,10,13H,1-2,5-6H2,3H3. The van der Waals surface area contributed by atoms with E-state index in [4.69, 9.17) is 4.74 Å². The maximum atomic E-state index is 11.9. The number of esters is 1. The van der Waals surface area contributed by atoms with Crippen molar-refractivity contribution in [2.75, 3.05) is 6.61 Å². The highest BCUT2D eigenvalue weighted by Gasteiger charge is 2.28. The molecule has 106 valence electrons. The quantitative estimate of drug-likeness (QED) is 0.269. The smallest absolute Gasteiger partial charge is 0.330 e. The molecule has 7 heteroatoms. The van der Waals surface area contributed by atoms with Crippen molar-refractivity contribution >= 4 is 23.9 Å². The van der Waals surface area contributed by atoms with Crippen molar-refractivity contribution in [1.29, 1.82) is 0 Å². The Morgan fingerprint density at radius 3 is 2.25 bits per heavy atom. The van der Waals surface area contributed by atoms with E-state index in [1.165, 1.54) is 19.1 Å². The molecule has 0 saturated carbocycles. The number of nitrogens with zero attached hydrogens (tertiary/aromatic N) is 2. The number of aliphatic imine (C=N–C) groups is 2. The van der Waals surface area contributed by atoms with Crippen LogP contribution in [0.1, 0.15) is 13.3 Å². The molecule has 0 spiro atoms. The molecule has 0 aliphatic rings. The van der Waals surface area contributed by atoms with Crippen LogP contribution < -0.4 is 0 Å². The van der Waals surface area contributed by atoms with Crippen LogP contribution in [0, 0.1) is 5.92 Å². The van der Waals surface area contributed by atoms with Crippen molar-refractivity contribution in [2.24, 2.45) is 15.9 Å². The largest absolute Gasteiger partial charge is 0.463 e. The summed E-state index contributed by atoms with van der Waals surface area (Å²) >= 11 is 0. The van der Waals surface area contributed by atoms with Gasteiger partial charge < -0.3 is 4.74 Å². The number of allylic oxidation sites excluding steroid dienone is 1. The summed E-state index contributed by atoms with van der Waals surface area (Å²) in [7, 11) is 0. The first-order valence-corrected chi connectivity index (χ1v) is 5.60. The summed E-state index contributed by atoms with van der Waals surface area (Å²) < 4.78 is 4.74. The SMILES string of the molecule is C=CC(=O)OCCC(C(=O)C(=C)C)C(N=C=O)N=C=O. The summed E-state index contributed by atoms with van der Waals surface area (Å²) in [6.07, 6.45) is 2.21. The van der Waals surface area contributed by atoms with E-state index in [1.54, 1.807) is 0 Å². The molecule has 0 aromatic carbocycles. The third-order valence-electron chi connectivity index (χ3n) is 2.33. The molecule has 0 amide bonds. The van der Waals surface area contributed by atoms with E-state index < -0.39 is 23.8 Å². The molecule has 7 nitrogen and oxygen atoms in total. The van der Waals surface area contributed by atoms with Crippen molar-refractivity contribution < 1.29 is 23.9 Å². The maximum Gasteiger partial charge on any atom is 0.330 e. The molecule has 0 radical (unpaired) electrons. The van der Waals surface area contributed by atoms with E-state index in [1.807, 2.05) is 0 Å². The lowest BCUT2D eigenvalue weighted by Crippen LogP contribution is -2.28. The van der Waals surface area contributed by atoms with Crippen LogP contribution in [-0.4, -0.2) is 36.7 Å². The van der Waals surface area contributed by atoms with Crippen LogP contribution in [0.25, 0.3) is 0 Å². The van der Waals surface area contributed by atoms with Crippen LogP contribution in [0.2, 0.25) is 0 Å². The van der Waals surface area contributed by atoms with E-state index >= 15 is 0 Å². The van der Waals surface area contributed by atoms with E-state index in [9.17, 15) is 19.2 Å². The molecule has 0 N–H and O–H groups in total. The molecule has 1 unspecified atom stereocenters. The molecular weight excluding hydrogens is 264 g/mol. The Morgan fingerprint density at radius 2 is 1.85 bits per heavy atom. The highest BCUT2D eigenvalue weighted by molar-refractivity contribution is 5.96. The summed E-state index contributed by atoms with van der Waals surface area (Å²) in [5, 5.41) is 0. The molecule has 0 rings (SSSR count). The van der Waals surface area contributed by atoms with Gasteiger partial charge in [-0.2, -0.15) is 9.98 Å². The number of Topliss-reactive ketones (excluding diaryl/α,β-unsaturated/α-hetero) is 1. The summed E-state index contributed by atoms with van der Waals surface area (Å²) in [6, 6.07) is 0. The van der Waals surface area contributed by atoms with E-state index in [0.717, 1.165) is 6.08 Å². The molecule has 1 atom stereocenters. The third-order valence-corrected chi connectivity index (χ3v) is 2.33. The zero-order valence-corrected chi connectivity index (χ0v) is 11.0. The molecule has 0 saturated heterocycles. The number of carbonyl (C=O) groups is 2. The van der Waals surface area contributed by atoms with E-state index in [-0.39, 0.29) is 18.6 Å². The van der Waals surface area contributed by atoms with Gasteiger partial charge >= 0.3 is 5.97 Å². The predicted molar refractivity (Wildman–Crippen MR) is 69.1 cm³/mol. The highest BCUT2D eigenvalue weighted by atomic mass is 16.5. The first-order chi connectivity index (χ1) is 9.47. The van der Waals surface area contributed by atoms with Gasteiger partial charge in [0.1, 0.15) is 0 Å². The van der Waals surface area contributed by atoms with Gasteiger partial charge in [-0.3, -0.25) is 4.79 Å². The number of hydrogen-bond donors (Lipinski definition) is 0. The topological polar surface area (TPSA) is 102 Å².